The highest BCUT2D eigenvalue weighted by Crippen LogP contribution is 2.19. The van der Waals surface area contributed by atoms with Crippen molar-refractivity contribution in [2.24, 2.45) is 0 Å². The molecule has 0 fully saturated rings. The Labute approximate surface area is 150 Å². The van der Waals surface area contributed by atoms with E-state index >= 15 is 0 Å². The number of amides is 2. The monoisotopic (exact) mass is 355 g/mol. The predicted molar refractivity (Wildman–Crippen MR) is 101 cm³/mol. The molecule has 1 atom stereocenters. The van der Waals surface area contributed by atoms with E-state index in [0.29, 0.717) is 13.0 Å². The fourth-order valence-electron chi connectivity index (χ4n) is 2.85. The minimum Gasteiger partial charge on any atom is -0.361 e. The Kier molecular flexibility index (Phi) is 5.19. The van der Waals surface area contributed by atoms with E-state index in [-0.39, 0.29) is 11.8 Å². The van der Waals surface area contributed by atoms with Crippen molar-refractivity contribution in [3.63, 3.8) is 0 Å². The summed E-state index contributed by atoms with van der Waals surface area (Å²) in [4.78, 5) is 28.5. The standard InChI is InChI=1S/C19H21N3O2S/c1-12-7-8-25-18(12)11-21-19(24)17(22-13(2)23)9-14-10-20-16-6-4-3-5-15(14)16/h3-8,10,17,20H,9,11H2,1-2H3,(H,21,24)(H,22,23). The van der Waals surface area contributed by atoms with E-state index < -0.39 is 6.04 Å². The van der Waals surface area contributed by atoms with Crippen LogP contribution in [0.25, 0.3) is 10.9 Å². The second-order valence-electron chi connectivity index (χ2n) is 6.06. The molecule has 3 N–H and O–H groups in total. The number of aryl methyl sites for hydroxylation is 1. The molecular weight excluding hydrogens is 334 g/mol. The van der Waals surface area contributed by atoms with Crippen molar-refractivity contribution < 1.29 is 9.59 Å². The summed E-state index contributed by atoms with van der Waals surface area (Å²) in [6, 6.07) is 9.36. The molecule has 1 unspecified atom stereocenters. The number of carbonyl (C=O) groups excluding carboxylic acids is 2. The maximum Gasteiger partial charge on any atom is 0.243 e. The molecule has 3 rings (SSSR count). The molecule has 1 aromatic carbocycles. The number of hydrogen-bond acceptors (Lipinski definition) is 3. The van der Waals surface area contributed by atoms with Crippen molar-refractivity contribution >= 4 is 34.1 Å². The number of aromatic amines is 1. The quantitative estimate of drug-likeness (QED) is 0.636. The number of H-pyrrole nitrogens is 1. The minimum absolute atomic E-state index is 0.173. The van der Waals surface area contributed by atoms with E-state index in [9.17, 15) is 9.59 Å². The second kappa shape index (κ2) is 7.53. The van der Waals surface area contributed by atoms with Gasteiger partial charge in [-0.2, -0.15) is 0 Å². The molecule has 0 aliphatic rings. The van der Waals surface area contributed by atoms with Crippen molar-refractivity contribution in [2.45, 2.75) is 32.9 Å². The van der Waals surface area contributed by atoms with E-state index in [1.54, 1.807) is 11.3 Å². The maximum atomic E-state index is 12.6. The van der Waals surface area contributed by atoms with E-state index in [1.807, 2.05) is 48.8 Å². The fraction of sp³-hybridized carbons (Fsp3) is 0.263. The molecule has 0 saturated heterocycles. The summed E-state index contributed by atoms with van der Waals surface area (Å²) < 4.78 is 0. The molecule has 2 amide bonds. The Morgan fingerprint density at radius 3 is 2.76 bits per heavy atom. The fourth-order valence-corrected chi connectivity index (χ4v) is 3.70. The van der Waals surface area contributed by atoms with Gasteiger partial charge in [-0.1, -0.05) is 18.2 Å². The van der Waals surface area contributed by atoms with Gasteiger partial charge in [0.05, 0.1) is 6.54 Å². The van der Waals surface area contributed by atoms with Gasteiger partial charge in [-0.25, -0.2) is 0 Å². The van der Waals surface area contributed by atoms with Gasteiger partial charge in [0, 0.05) is 35.3 Å². The number of benzene rings is 1. The minimum atomic E-state index is -0.600. The summed E-state index contributed by atoms with van der Waals surface area (Å²) in [5.74, 6) is -0.388. The molecule has 0 bridgehead atoms. The van der Waals surface area contributed by atoms with E-state index in [4.69, 9.17) is 0 Å². The first-order chi connectivity index (χ1) is 12.0. The molecule has 0 spiro atoms. The van der Waals surface area contributed by atoms with Crippen LogP contribution >= 0.6 is 11.3 Å². The van der Waals surface area contributed by atoms with Gasteiger partial charge in [-0.05, 0) is 35.6 Å². The Balaban J connectivity index is 1.73. The Hall–Kier alpha value is -2.60. The number of rotatable bonds is 6. The number of thiophene rings is 1. The number of hydrogen-bond donors (Lipinski definition) is 3. The smallest absolute Gasteiger partial charge is 0.243 e. The first-order valence-corrected chi connectivity index (χ1v) is 9.05. The number of carbonyl (C=O) groups is 2. The first kappa shape index (κ1) is 17.2. The molecule has 6 heteroatoms. The van der Waals surface area contributed by atoms with Crippen molar-refractivity contribution in [3.8, 4) is 0 Å². The van der Waals surface area contributed by atoms with Crippen molar-refractivity contribution in [3.05, 3.63) is 57.9 Å². The molecule has 0 saturated carbocycles. The van der Waals surface area contributed by atoms with Gasteiger partial charge >= 0.3 is 0 Å². The van der Waals surface area contributed by atoms with Crippen LogP contribution in [0.1, 0.15) is 22.9 Å². The average molecular weight is 355 g/mol. The molecule has 130 valence electrons. The van der Waals surface area contributed by atoms with Gasteiger partial charge < -0.3 is 15.6 Å². The number of nitrogens with one attached hydrogen (secondary N) is 3. The highest BCUT2D eigenvalue weighted by Gasteiger charge is 2.21. The molecule has 0 radical (unpaired) electrons. The number of para-hydroxylation sites is 1. The van der Waals surface area contributed by atoms with Crippen molar-refractivity contribution in [1.29, 1.82) is 0 Å². The van der Waals surface area contributed by atoms with Crippen LogP contribution in [0.3, 0.4) is 0 Å². The molecule has 3 aromatic rings. The highest BCUT2D eigenvalue weighted by atomic mass is 32.1. The van der Waals surface area contributed by atoms with Gasteiger partial charge in [0.2, 0.25) is 11.8 Å². The summed E-state index contributed by atoms with van der Waals surface area (Å²) >= 11 is 1.62. The highest BCUT2D eigenvalue weighted by molar-refractivity contribution is 7.10. The van der Waals surface area contributed by atoms with Crippen LogP contribution in [0.4, 0.5) is 0 Å². The van der Waals surface area contributed by atoms with Crippen LogP contribution in [0.5, 0.6) is 0 Å². The number of aromatic nitrogens is 1. The topological polar surface area (TPSA) is 74.0 Å². The first-order valence-electron chi connectivity index (χ1n) is 8.17. The largest absolute Gasteiger partial charge is 0.361 e. The lowest BCUT2D eigenvalue weighted by atomic mass is 10.0. The van der Waals surface area contributed by atoms with E-state index in [1.165, 1.54) is 6.92 Å². The van der Waals surface area contributed by atoms with Crippen molar-refractivity contribution in [1.82, 2.24) is 15.6 Å². The lowest BCUT2D eigenvalue weighted by Gasteiger charge is -2.17. The van der Waals surface area contributed by atoms with Crippen molar-refractivity contribution in [2.75, 3.05) is 0 Å². The molecule has 0 aliphatic heterocycles. The zero-order valence-electron chi connectivity index (χ0n) is 14.3. The Morgan fingerprint density at radius 1 is 1.24 bits per heavy atom. The molecule has 25 heavy (non-hydrogen) atoms. The lowest BCUT2D eigenvalue weighted by Crippen LogP contribution is -2.47. The SMILES string of the molecule is CC(=O)NC(Cc1c[nH]c2ccccc12)C(=O)NCc1sccc1C. The van der Waals surface area contributed by atoms with Gasteiger partial charge in [0.15, 0.2) is 0 Å². The third-order valence-electron chi connectivity index (χ3n) is 4.18. The van der Waals surface area contributed by atoms with Crippen LogP contribution in [0.2, 0.25) is 0 Å². The third-order valence-corrected chi connectivity index (χ3v) is 5.21. The molecular formula is C19H21N3O2S. The van der Waals surface area contributed by atoms with Crippen LogP contribution < -0.4 is 10.6 Å². The third kappa shape index (κ3) is 4.09. The molecule has 2 heterocycles. The molecule has 0 aliphatic carbocycles. The van der Waals surface area contributed by atoms with Crippen LogP contribution in [0, 0.1) is 6.92 Å². The maximum absolute atomic E-state index is 12.6. The second-order valence-corrected chi connectivity index (χ2v) is 7.06. The Morgan fingerprint density at radius 2 is 2.04 bits per heavy atom. The lowest BCUT2D eigenvalue weighted by molar-refractivity contribution is -0.128. The summed E-state index contributed by atoms with van der Waals surface area (Å²) in [6.07, 6.45) is 2.34. The summed E-state index contributed by atoms with van der Waals surface area (Å²) in [5.41, 5.74) is 3.20. The van der Waals surface area contributed by atoms with E-state index in [0.717, 1.165) is 26.9 Å². The van der Waals surface area contributed by atoms with Crippen LogP contribution in [-0.2, 0) is 22.6 Å². The zero-order valence-corrected chi connectivity index (χ0v) is 15.1. The summed E-state index contributed by atoms with van der Waals surface area (Å²) in [7, 11) is 0. The van der Waals surface area contributed by atoms with Gasteiger partial charge in [0.1, 0.15) is 6.04 Å². The Bertz CT molecular complexity index is 897. The van der Waals surface area contributed by atoms with Gasteiger partial charge in [-0.3, -0.25) is 9.59 Å². The zero-order chi connectivity index (χ0) is 17.8. The summed E-state index contributed by atoms with van der Waals surface area (Å²) in [6.45, 7) is 3.93. The van der Waals surface area contributed by atoms with E-state index in [2.05, 4.69) is 15.6 Å². The predicted octanol–water partition coefficient (Wildman–Crippen LogP) is 2.90. The normalized spacial score (nSPS) is 12.1. The van der Waals surface area contributed by atoms with Gasteiger partial charge in [-0.15, -0.1) is 11.3 Å². The van der Waals surface area contributed by atoms with Gasteiger partial charge in [0.25, 0.3) is 0 Å². The summed E-state index contributed by atoms with van der Waals surface area (Å²) in [5, 5.41) is 8.78. The molecule has 5 nitrogen and oxygen atoms in total. The average Bonchev–Trinajstić information content (AvgIpc) is 3.18. The molecule has 2 aromatic heterocycles. The number of fused-ring (bicyclic) bond motifs is 1. The van der Waals surface area contributed by atoms with Crippen LogP contribution in [0.15, 0.2) is 41.9 Å². The van der Waals surface area contributed by atoms with Crippen LogP contribution in [-0.4, -0.2) is 22.8 Å².